The molecule has 2 heterocycles. The van der Waals surface area contributed by atoms with E-state index in [1.165, 1.54) is 0 Å². The monoisotopic (exact) mass is 323 g/mol. The molecule has 6 nitrogen and oxygen atoms in total. The summed E-state index contributed by atoms with van der Waals surface area (Å²) < 4.78 is 13.0. The first-order chi connectivity index (χ1) is 11.0. The number of carbonyl (C=O) groups is 1. The smallest absolute Gasteiger partial charge is 0.226 e. The first-order valence-electron chi connectivity index (χ1n) is 8.47. The molecule has 1 aromatic heterocycles. The number of amides is 1. The van der Waals surface area contributed by atoms with Gasteiger partial charge in [-0.15, -0.1) is 0 Å². The van der Waals surface area contributed by atoms with Crippen molar-refractivity contribution in [1.29, 1.82) is 0 Å². The van der Waals surface area contributed by atoms with Crippen molar-refractivity contribution in [3.63, 3.8) is 0 Å². The molecular weight excluding hydrogens is 294 g/mol. The molecule has 1 saturated heterocycles. The minimum atomic E-state index is -0.0727. The third kappa shape index (κ3) is 3.86. The molecule has 0 aromatic carbocycles. The van der Waals surface area contributed by atoms with Crippen molar-refractivity contribution < 1.29 is 14.3 Å². The Bertz CT molecular complexity index is 539. The Kier molecular flexibility index (Phi) is 6.04. The predicted octanol–water partition coefficient (Wildman–Crippen LogP) is 2.06. The summed E-state index contributed by atoms with van der Waals surface area (Å²) in [5.74, 6) is 1.04. The Morgan fingerprint density at radius 3 is 2.87 bits per heavy atom. The summed E-state index contributed by atoms with van der Waals surface area (Å²) in [6, 6.07) is 0. The number of rotatable bonds is 6. The second-order valence-electron chi connectivity index (χ2n) is 6.46. The molecule has 0 radical (unpaired) electrons. The average Bonchev–Trinajstić information content (AvgIpc) is 2.87. The highest BCUT2D eigenvalue weighted by Crippen LogP contribution is 2.27. The number of hydrogen-bond donors (Lipinski definition) is 1. The Labute approximate surface area is 138 Å². The Morgan fingerprint density at radius 2 is 2.26 bits per heavy atom. The zero-order chi connectivity index (χ0) is 17.0. The molecule has 1 amide bonds. The van der Waals surface area contributed by atoms with Crippen molar-refractivity contribution in [2.24, 2.45) is 18.9 Å². The van der Waals surface area contributed by atoms with Gasteiger partial charge in [0.2, 0.25) is 11.8 Å². The molecule has 130 valence electrons. The SMILES string of the molecule is CCc1nn(C)c(OC)c1CNC(=O)[C@@H]1CCCO[C@H]1C(C)C. The van der Waals surface area contributed by atoms with Crippen LogP contribution < -0.4 is 10.1 Å². The van der Waals surface area contributed by atoms with E-state index in [2.05, 4.69) is 31.2 Å². The molecule has 1 aliphatic heterocycles. The summed E-state index contributed by atoms with van der Waals surface area (Å²) >= 11 is 0. The first-order valence-corrected chi connectivity index (χ1v) is 8.47. The van der Waals surface area contributed by atoms with Crippen molar-refractivity contribution >= 4 is 5.91 Å². The van der Waals surface area contributed by atoms with Crippen LogP contribution in [0.25, 0.3) is 0 Å². The van der Waals surface area contributed by atoms with E-state index in [0.29, 0.717) is 18.3 Å². The second kappa shape index (κ2) is 7.81. The molecule has 0 unspecified atom stereocenters. The van der Waals surface area contributed by atoms with Crippen LogP contribution in [0.15, 0.2) is 0 Å². The van der Waals surface area contributed by atoms with Crippen molar-refractivity contribution in [1.82, 2.24) is 15.1 Å². The highest BCUT2D eigenvalue weighted by atomic mass is 16.5. The molecule has 23 heavy (non-hydrogen) atoms. The zero-order valence-electron chi connectivity index (χ0n) is 14.9. The highest BCUT2D eigenvalue weighted by Gasteiger charge is 2.34. The topological polar surface area (TPSA) is 65.4 Å². The van der Waals surface area contributed by atoms with Crippen LogP contribution in [0.1, 0.15) is 44.9 Å². The average molecular weight is 323 g/mol. The third-order valence-electron chi connectivity index (χ3n) is 4.50. The molecule has 0 aliphatic carbocycles. The largest absolute Gasteiger partial charge is 0.481 e. The van der Waals surface area contributed by atoms with E-state index in [1.54, 1.807) is 11.8 Å². The maximum absolute atomic E-state index is 12.6. The third-order valence-corrected chi connectivity index (χ3v) is 4.50. The van der Waals surface area contributed by atoms with Crippen LogP contribution in [0, 0.1) is 11.8 Å². The molecule has 0 bridgehead atoms. The van der Waals surface area contributed by atoms with Crippen LogP contribution in [-0.4, -0.2) is 35.5 Å². The van der Waals surface area contributed by atoms with Gasteiger partial charge in [-0.1, -0.05) is 20.8 Å². The van der Waals surface area contributed by atoms with Crippen LogP contribution in [0.3, 0.4) is 0 Å². The summed E-state index contributed by atoms with van der Waals surface area (Å²) in [5, 5.41) is 7.51. The van der Waals surface area contributed by atoms with E-state index in [1.807, 2.05) is 7.05 Å². The summed E-state index contributed by atoms with van der Waals surface area (Å²) in [4.78, 5) is 12.6. The van der Waals surface area contributed by atoms with Gasteiger partial charge in [-0.05, 0) is 25.2 Å². The first kappa shape index (κ1) is 17.8. The lowest BCUT2D eigenvalue weighted by atomic mass is 9.87. The Hall–Kier alpha value is -1.56. The lowest BCUT2D eigenvalue weighted by molar-refractivity contribution is -0.137. The number of methoxy groups -OCH3 is 1. The minimum Gasteiger partial charge on any atom is -0.481 e. The molecule has 1 fully saturated rings. The molecule has 1 N–H and O–H groups in total. The highest BCUT2D eigenvalue weighted by molar-refractivity contribution is 5.79. The standard InChI is InChI=1S/C17H29N3O3/c1-6-14-13(17(22-5)20(4)19-14)10-18-16(21)12-8-7-9-23-15(12)11(2)3/h11-12,15H,6-10H2,1-5H3,(H,18,21)/t12-,15+/m1/s1. The number of nitrogens with one attached hydrogen (secondary N) is 1. The number of nitrogens with zero attached hydrogens (tertiary/aromatic N) is 2. The molecule has 6 heteroatoms. The van der Waals surface area contributed by atoms with Gasteiger partial charge in [-0.2, -0.15) is 5.10 Å². The number of carbonyl (C=O) groups excluding carboxylic acids is 1. The van der Waals surface area contributed by atoms with E-state index in [9.17, 15) is 4.79 Å². The van der Waals surface area contributed by atoms with Gasteiger partial charge >= 0.3 is 0 Å². The molecule has 2 rings (SSSR count). The lowest BCUT2D eigenvalue weighted by Gasteiger charge is -2.33. The van der Waals surface area contributed by atoms with Crippen LogP contribution in [0.2, 0.25) is 0 Å². The molecule has 1 aromatic rings. The molecular formula is C17H29N3O3. The quantitative estimate of drug-likeness (QED) is 0.870. The van der Waals surface area contributed by atoms with Gasteiger partial charge in [0.05, 0.1) is 30.4 Å². The van der Waals surface area contributed by atoms with Crippen LogP contribution in [-0.2, 0) is 29.5 Å². The van der Waals surface area contributed by atoms with Crippen LogP contribution >= 0.6 is 0 Å². The fourth-order valence-corrected chi connectivity index (χ4v) is 3.37. The summed E-state index contributed by atoms with van der Waals surface area (Å²) in [7, 11) is 3.48. The van der Waals surface area contributed by atoms with E-state index in [4.69, 9.17) is 9.47 Å². The number of aryl methyl sites for hydroxylation is 2. The van der Waals surface area contributed by atoms with Crippen LogP contribution in [0.4, 0.5) is 0 Å². The molecule has 0 spiro atoms. The minimum absolute atomic E-state index is 0.00481. The van der Waals surface area contributed by atoms with Crippen molar-refractivity contribution in [3.05, 3.63) is 11.3 Å². The number of aromatic nitrogens is 2. The zero-order valence-corrected chi connectivity index (χ0v) is 14.9. The fraction of sp³-hybridized carbons (Fsp3) is 0.765. The van der Waals surface area contributed by atoms with Crippen molar-refractivity contribution in [3.8, 4) is 5.88 Å². The van der Waals surface area contributed by atoms with Gasteiger partial charge in [-0.3, -0.25) is 4.79 Å². The summed E-state index contributed by atoms with van der Waals surface area (Å²) in [5.41, 5.74) is 1.92. The lowest BCUT2D eigenvalue weighted by Crippen LogP contribution is -2.43. The van der Waals surface area contributed by atoms with Gasteiger partial charge in [0.1, 0.15) is 0 Å². The van der Waals surface area contributed by atoms with Gasteiger partial charge in [0.25, 0.3) is 0 Å². The van der Waals surface area contributed by atoms with Gasteiger partial charge in [0.15, 0.2) is 0 Å². The summed E-state index contributed by atoms with van der Waals surface area (Å²) in [6.07, 6.45) is 2.64. The number of hydrogen-bond acceptors (Lipinski definition) is 4. The Morgan fingerprint density at radius 1 is 1.52 bits per heavy atom. The predicted molar refractivity (Wildman–Crippen MR) is 88.3 cm³/mol. The number of ether oxygens (including phenoxy) is 2. The van der Waals surface area contributed by atoms with E-state index in [0.717, 1.165) is 37.1 Å². The molecule has 0 saturated carbocycles. The van der Waals surface area contributed by atoms with Crippen molar-refractivity contribution in [2.75, 3.05) is 13.7 Å². The van der Waals surface area contributed by atoms with E-state index >= 15 is 0 Å². The molecule has 1 aliphatic rings. The van der Waals surface area contributed by atoms with Crippen molar-refractivity contribution in [2.45, 2.75) is 52.7 Å². The normalized spacial score (nSPS) is 21.5. The Balaban J connectivity index is 2.06. The maximum atomic E-state index is 12.6. The maximum Gasteiger partial charge on any atom is 0.226 e. The van der Waals surface area contributed by atoms with Gasteiger partial charge in [0, 0.05) is 20.2 Å². The fourth-order valence-electron chi connectivity index (χ4n) is 3.37. The van der Waals surface area contributed by atoms with Gasteiger partial charge < -0.3 is 14.8 Å². The van der Waals surface area contributed by atoms with E-state index < -0.39 is 0 Å². The van der Waals surface area contributed by atoms with Gasteiger partial charge in [-0.25, -0.2) is 4.68 Å². The summed E-state index contributed by atoms with van der Waals surface area (Å²) in [6.45, 7) is 7.46. The van der Waals surface area contributed by atoms with Crippen LogP contribution in [0.5, 0.6) is 5.88 Å². The second-order valence-corrected chi connectivity index (χ2v) is 6.46. The molecule has 2 atom stereocenters. The van der Waals surface area contributed by atoms with E-state index in [-0.39, 0.29) is 17.9 Å².